The predicted octanol–water partition coefficient (Wildman–Crippen LogP) is 3.22. The molecule has 1 saturated carbocycles. The number of aryl methyl sites for hydroxylation is 2. The van der Waals surface area contributed by atoms with Crippen LogP contribution in [0.25, 0.3) is 0 Å². The number of nitrogens with one attached hydrogen (secondary N) is 1. The summed E-state index contributed by atoms with van der Waals surface area (Å²) in [5.74, 6) is 0.499. The molecule has 0 atom stereocenters. The molecule has 6 nitrogen and oxygen atoms in total. The van der Waals surface area contributed by atoms with Crippen molar-refractivity contribution in [1.29, 1.82) is 0 Å². The Balaban J connectivity index is 1.53. The second kappa shape index (κ2) is 8.17. The zero-order valence-corrected chi connectivity index (χ0v) is 15.5. The highest BCUT2D eigenvalue weighted by Gasteiger charge is 2.25. The second-order valence-corrected chi connectivity index (χ2v) is 6.70. The molecule has 0 radical (unpaired) electrons. The minimum absolute atomic E-state index is 0.0931. The van der Waals surface area contributed by atoms with Crippen LogP contribution in [0.5, 0.6) is 11.8 Å². The lowest BCUT2D eigenvalue weighted by Gasteiger charge is -2.29. The number of methoxy groups -OCH3 is 1. The molecule has 1 fully saturated rings. The fraction of sp³-hybridized carbons (Fsp3) is 0.450. The molecule has 6 heteroatoms. The molecule has 1 aromatic heterocycles. The minimum Gasteiger partial charge on any atom is -0.496 e. The highest BCUT2D eigenvalue weighted by Crippen LogP contribution is 2.24. The molecule has 1 amide bonds. The van der Waals surface area contributed by atoms with Gasteiger partial charge in [0.15, 0.2) is 0 Å². The average Bonchev–Trinajstić information content (AvgIpc) is 2.62. The zero-order chi connectivity index (χ0) is 18.5. The molecule has 0 aliphatic heterocycles. The van der Waals surface area contributed by atoms with Crippen LogP contribution in [0, 0.1) is 13.8 Å². The van der Waals surface area contributed by atoms with E-state index in [-0.39, 0.29) is 18.1 Å². The third-order valence-corrected chi connectivity index (χ3v) is 4.59. The van der Waals surface area contributed by atoms with Gasteiger partial charge in [0.1, 0.15) is 11.9 Å². The number of nitrogens with zero attached hydrogens (tertiary/aromatic N) is 2. The maximum Gasteiger partial charge on any atom is 0.317 e. The summed E-state index contributed by atoms with van der Waals surface area (Å²) in [7, 11) is 1.57. The Hall–Kier alpha value is -2.63. The SMILES string of the molecule is COc1ccccc1C(=O)NC1CCC(Oc2nc(C)cc(C)n2)CC1. The van der Waals surface area contributed by atoms with Crippen molar-refractivity contribution in [3.8, 4) is 11.8 Å². The van der Waals surface area contributed by atoms with E-state index in [0.29, 0.717) is 17.3 Å². The number of benzene rings is 1. The summed E-state index contributed by atoms with van der Waals surface area (Å²) in [6.45, 7) is 3.87. The Morgan fingerprint density at radius 2 is 1.73 bits per heavy atom. The Morgan fingerprint density at radius 1 is 1.08 bits per heavy atom. The minimum atomic E-state index is -0.0931. The molecular formula is C20H25N3O3. The molecule has 1 aromatic carbocycles. The number of carbonyl (C=O) groups is 1. The standard InChI is InChI=1S/C20H25N3O3/c1-13-12-14(2)22-20(21-13)26-16-10-8-15(9-11-16)23-19(24)17-6-4-5-7-18(17)25-3/h4-7,12,15-16H,8-11H2,1-3H3,(H,23,24). The first kappa shape index (κ1) is 18.2. The highest BCUT2D eigenvalue weighted by molar-refractivity contribution is 5.97. The van der Waals surface area contributed by atoms with Crippen molar-refractivity contribution in [2.75, 3.05) is 7.11 Å². The van der Waals surface area contributed by atoms with Crippen LogP contribution in [-0.2, 0) is 0 Å². The van der Waals surface area contributed by atoms with Crippen molar-refractivity contribution in [3.05, 3.63) is 47.3 Å². The van der Waals surface area contributed by atoms with Gasteiger partial charge in [0, 0.05) is 17.4 Å². The van der Waals surface area contributed by atoms with E-state index in [0.717, 1.165) is 37.1 Å². The Labute approximate surface area is 154 Å². The van der Waals surface area contributed by atoms with E-state index in [1.165, 1.54) is 0 Å². The van der Waals surface area contributed by atoms with Crippen molar-refractivity contribution < 1.29 is 14.3 Å². The number of amides is 1. The predicted molar refractivity (Wildman–Crippen MR) is 98.6 cm³/mol. The molecule has 3 rings (SSSR count). The van der Waals surface area contributed by atoms with Gasteiger partial charge in [-0.15, -0.1) is 0 Å². The molecule has 0 unspecified atom stereocenters. The van der Waals surface area contributed by atoms with Crippen LogP contribution in [0.1, 0.15) is 47.4 Å². The van der Waals surface area contributed by atoms with Crippen LogP contribution in [0.15, 0.2) is 30.3 Å². The van der Waals surface area contributed by atoms with Gasteiger partial charge in [-0.05, 0) is 57.7 Å². The number of para-hydroxylation sites is 1. The number of hydrogen-bond acceptors (Lipinski definition) is 5. The van der Waals surface area contributed by atoms with E-state index in [1.807, 2.05) is 32.0 Å². The molecule has 1 heterocycles. The summed E-state index contributed by atoms with van der Waals surface area (Å²) in [4.78, 5) is 21.2. The van der Waals surface area contributed by atoms with Gasteiger partial charge in [0.05, 0.1) is 12.7 Å². The number of ether oxygens (including phenoxy) is 2. The van der Waals surface area contributed by atoms with Gasteiger partial charge in [-0.1, -0.05) is 12.1 Å². The van der Waals surface area contributed by atoms with Gasteiger partial charge in [-0.3, -0.25) is 4.79 Å². The highest BCUT2D eigenvalue weighted by atomic mass is 16.5. The topological polar surface area (TPSA) is 73.3 Å². The lowest BCUT2D eigenvalue weighted by Crippen LogP contribution is -2.39. The van der Waals surface area contributed by atoms with Crippen molar-refractivity contribution in [1.82, 2.24) is 15.3 Å². The molecule has 0 saturated heterocycles. The molecule has 0 bridgehead atoms. The molecule has 26 heavy (non-hydrogen) atoms. The van der Waals surface area contributed by atoms with Crippen LogP contribution >= 0.6 is 0 Å². The van der Waals surface area contributed by atoms with Crippen molar-refractivity contribution >= 4 is 5.91 Å². The molecular weight excluding hydrogens is 330 g/mol. The number of rotatable bonds is 5. The normalized spacial score (nSPS) is 19.7. The second-order valence-electron chi connectivity index (χ2n) is 6.70. The van der Waals surface area contributed by atoms with Gasteiger partial charge >= 0.3 is 6.01 Å². The van der Waals surface area contributed by atoms with Crippen molar-refractivity contribution in [3.63, 3.8) is 0 Å². The van der Waals surface area contributed by atoms with E-state index >= 15 is 0 Å². The first-order valence-electron chi connectivity index (χ1n) is 8.98. The van der Waals surface area contributed by atoms with Crippen LogP contribution < -0.4 is 14.8 Å². The molecule has 0 spiro atoms. The monoisotopic (exact) mass is 355 g/mol. The van der Waals surface area contributed by atoms with Crippen molar-refractivity contribution in [2.45, 2.75) is 51.7 Å². The third kappa shape index (κ3) is 4.50. The largest absolute Gasteiger partial charge is 0.496 e. The van der Waals surface area contributed by atoms with Gasteiger partial charge in [0.2, 0.25) is 0 Å². The van der Waals surface area contributed by atoms with Crippen LogP contribution in [0.4, 0.5) is 0 Å². The van der Waals surface area contributed by atoms with Gasteiger partial charge in [0.25, 0.3) is 5.91 Å². The fourth-order valence-corrected chi connectivity index (χ4v) is 3.32. The van der Waals surface area contributed by atoms with Gasteiger partial charge in [-0.2, -0.15) is 0 Å². The summed E-state index contributed by atoms with van der Waals surface area (Å²) in [6, 6.07) is 9.79. The zero-order valence-electron chi connectivity index (χ0n) is 15.5. The lowest BCUT2D eigenvalue weighted by molar-refractivity contribution is 0.0882. The number of hydrogen-bond donors (Lipinski definition) is 1. The Kier molecular flexibility index (Phi) is 5.71. The van der Waals surface area contributed by atoms with E-state index in [2.05, 4.69) is 15.3 Å². The number of aromatic nitrogens is 2. The van der Waals surface area contributed by atoms with E-state index in [4.69, 9.17) is 9.47 Å². The molecule has 138 valence electrons. The summed E-state index contributed by atoms with van der Waals surface area (Å²) >= 11 is 0. The Bertz CT molecular complexity index is 750. The number of carbonyl (C=O) groups excluding carboxylic acids is 1. The summed E-state index contributed by atoms with van der Waals surface area (Å²) in [5, 5.41) is 3.11. The van der Waals surface area contributed by atoms with Crippen LogP contribution in [-0.4, -0.2) is 35.1 Å². The maximum atomic E-state index is 12.5. The van der Waals surface area contributed by atoms with Crippen LogP contribution in [0.3, 0.4) is 0 Å². The molecule has 1 aliphatic carbocycles. The van der Waals surface area contributed by atoms with E-state index in [1.54, 1.807) is 19.2 Å². The summed E-state index contributed by atoms with van der Waals surface area (Å²) in [5.41, 5.74) is 2.38. The third-order valence-electron chi connectivity index (χ3n) is 4.59. The van der Waals surface area contributed by atoms with E-state index < -0.39 is 0 Å². The average molecular weight is 355 g/mol. The Morgan fingerprint density at radius 3 is 2.38 bits per heavy atom. The summed E-state index contributed by atoms with van der Waals surface area (Å²) < 4.78 is 11.2. The van der Waals surface area contributed by atoms with Gasteiger partial charge < -0.3 is 14.8 Å². The quantitative estimate of drug-likeness (QED) is 0.891. The van der Waals surface area contributed by atoms with Gasteiger partial charge in [-0.25, -0.2) is 9.97 Å². The summed E-state index contributed by atoms with van der Waals surface area (Å²) in [6.07, 6.45) is 3.57. The van der Waals surface area contributed by atoms with Crippen LogP contribution in [0.2, 0.25) is 0 Å². The molecule has 2 aromatic rings. The fourth-order valence-electron chi connectivity index (χ4n) is 3.32. The van der Waals surface area contributed by atoms with E-state index in [9.17, 15) is 4.79 Å². The molecule has 1 aliphatic rings. The first-order chi connectivity index (χ1) is 12.5. The van der Waals surface area contributed by atoms with Crippen molar-refractivity contribution in [2.24, 2.45) is 0 Å². The first-order valence-corrected chi connectivity index (χ1v) is 8.98. The smallest absolute Gasteiger partial charge is 0.317 e. The molecule has 1 N–H and O–H groups in total. The lowest BCUT2D eigenvalue weighted by atomic mass is 9.92. The maximum absolute atomic E-state index is 12.5.